The molecule has 3 rings (SSSR count). The molecule has 1 N–H and O–H groups in total. The highest BCUT2D eigenvalue weighted by molar-refractivity contribution is 5.85. The molecule has 1 saturated heterocycles. The van der Waals surface area contributed by atoms with Crippen molar-refractivity contribution >= 4 is 12.4 Å². The highest BCUT2D eigenvalue weighted by Gasteiger charge is 2.20. The Labute approximate surface area is 125 Å². The number of nitrogens with zero attached hydrogens (tertiary/aromatic N) is 2. The fraction of sp³-hybridized carbons (Fsp3) is 0.467. The Kier molecular flexibility index (Phi) is 5.56. The van der Waals surface area contributed by atoms with Gasteiger partial charge in [-0.25, -0.2) is 0 Å². The maximum absolute atomic E-state index is 5.37. The molecular weight excluding hydrogens is 274 g/mol. The standard InChI is InChI=1S/C15H19N3O.ClH/c1-2-6-12(7-3-1)9-10-14-17-15(19-18-14)13-8-4-5-11-16-13;/h1-3,6-7,13,16H,4-5,8-11H2;1H/t13-;/m0./s1. The van der Waals surface area contributed by atoms with Crippen molar-refractivity contribution < 1.29 is 4.52 Å². The van der Waals surface area contributed by atoms with Gasteiger partial charge in [-0.15, -0.1) is 12.4 Å². The van der Waals surface area contributed by atoms with Crippen molar-refractivity contribution in [3.63, 3.8) is 0 Å². The van der Waals surface area contributed by atoms with E-state index in [1.165, 1.54) is 18.4 Å². The molecule has 1 aliphatic heterocycles. The van der Waals surface area contributed by atoms with Crippen molar-refractivity contribution in [1.82, 2.24) is 15.5 Å². The van der Waals surface area contributed by atoms with Crippen LogP contribution in [0.5, 0.6) is 0 Å². The van der Waals surface area contributed by atoms with Gasteiger partial charge in [0.05, 0.1) is 6.04 Å². The summed E-state index contributed by atoms with van der Waals surface area (Å²) in [5.74, 6) is 1.56. The zero-order chi connectivity index (χ0) is 12.9. The maximum atomic E-state index is 5.37. The smallest absolute Gasteiger partial charge is 0.243 e. The Balaban J connectivity index is 0.00000147. The first-order valence-corrected chi connectivity index (χ1v) is 7.01. The second kappa shape index (κ2) is 7.41. The maximum Gasteiger partial charge on any atom is 0.243 e. The molecule has 5 heteroatoms. The summed E-state index contributed by atoms with van der Waals surface area (Å²) in [5.41, 5.74) is 1.31. The van der Waals surface area contributed by atoms with Crippen molar-refractivity contribution in [3.8, 4) is 0 Å². The van der Waals surface area contributed by atoms with Gasteiger partial charge in [-0.2, -0.15) is 4.98 Å². The molecule has 0 spiro atoms. The molecular formula is C15H20ClN3O. The number of aryl methyl sites for hydroxylation is 2. The van der Waals surface area contributed by atoms with Crippen LogP contribution in [-0.2, 0) is 12.8 Å². The molecule has 1 aliphatic rings. The molecule has 0 amide bonds. The molecule has 0 saturated carbocycles. The number of piperidine rings is 1. The Morgan fingerprint density at radius 1 is 1.15 bits per heavy atom. The van der Waals surface area contributed by atoms with Gasteiger partial charge in [0.2, 0.25) is 5.89 Å². The second-order valence-corrected chi connectivity index (χ2v) is 5.04. The highest BCUT2D eigenvalue weighted by Crippen LogP contribution is 2.21. The molecule has 1 aromatic carbocycles. The van der Waals surface area contributed by atoms with E-state index < -0.39 is 0 Å². The molecule has 20 heavy (non-hydrogen) atoms. The van der Waals surface area contributed by atoms with Crippen molar-refractivity contribution in [2.45, 2.75) is 38.1 Å². The summed E-state index contributed by atoms with van der Waals surface area (Å²) in [5, 5.41) is 7.51. The van der Waals surface area contributed by atoms with Gasteiger partial charge >= 0.3 is 0 Å². The number of halogens is 1. The van der Waals surface area contributed by atoms with Crippen LogP contribution in [0, 0.1) is 0 Å². The van der Waals surface area contributed by atoms with Gasteiger partial charge in [0.15, 0.2) is 5.82 Å². The van der Waals surface area contributed by atoms with E-state index in [4.69, 9.17) is 4.52 Å². The quantitative estimate of drug-likeness (QED) is 0.941. The number of benzene rings is 1. The molecule has 2 aromatic rings. The minimum Gasteiger partial charge on any atom is -0.338 e. The summed E-state index contributed by atoms with van der Waals surface area (Å²) in [4.78, 5) is 4.51. The van der Waals surface area contributed by atoms with Gasteiger partial charge in [-0.05, 0) is 31.4 Å². The van der Waals surface area contributed by atoms with Gasteiger partial charge in [-0.1, -0.05) is 41.9 Å². The lowest BCUT2D eigenvalue weighted by Crippen LogP contribution is -2.27. The van der Waals surface area contributed by atoms with E-state index >= 15 is 0 Å². The first-order valence-electron chi connectivity index (χ1n) is 7.01. The van der Waals surface area contributed by atoms with E-state index in [2.05, 4.69) is 39.7 Å². The minimum absolute atomic E-state index is 0. The lowest BCUT2D eigenvalue weighted by Gasteiger charge is -2.19. The van der Waals surface area contributed by atoms with Crippen LogP contribution >= 0.6 is 12.4 Å². The normalized spacial score (nSPS) is 18.5. The van der Waals surface area contributed by atoms with Crippen LogP contribution in [0.15, 0.2) is 34.9 Å². The fourth-order valence-corrected chi connectivity index (χ4v) is 2.47. The Morgan fingerprint density at radius 3 is 2.75 bits per heavy atom. The molecule has 0 bridgehead atoms. The third kappa shape index (κ3) is 3.81. The highest BCUT2D eigenvalue weighted by atomic mass is 35.5. The van der Waals surface area contributed by atoms with E-state index in [0.29, 0.717) is 0 Å². The first kappa shape index (κ1) is 15.0. The van der Waals surface area contributed by atoms with Crippen LogP contribution in [0.1, 0.15) is 42.6 Å². The molecule has 0 radical (unpaired) electrons. The van der Waals surface area contributed by atoms with Crippen molar-refractivity contribution in [1.29, 1.82) is 0 Å². The van der Waals surface area contributed by atoms with Gasteiger partial charge in [0, 0.05) is 6.42 Å². The van der Waals surface area contributed by atoms with Crippen molar-refractivity contribution in [2.24, 2.45) is 0 Å². The molecule has 1 atom stereocenters. The summed E-state index contributed by atoms with van der Waals surface area (Å²) >= 11 is 0. The molecule has 1 fully saturated rings. The Bertz CT molecular complexity index is 509. The summed E-state index contributed by atoms with van der Waals surface area (Å²) in [7, 11) is 0. The largest absolute Gasteiger partial charge is 0.338 e. The number of aromatic nitrogens is 2. The SMILES string of the molecule is Cl.c1ccc(CCc2noc([C@@H]3CCCCN3)n2)cc1. The molecule has 0 aliphatic carbocycles. The van der Waals surface area contributed by atoms with E-state index in [-0.39, 0.29) is 18.4 Å². The van der Waals surface area contributed by atoms with Gasteiger partial charge in [0.25, 0.3) is 0 Å². The molecule has 1 aromatic heterocycles. The average Bonchev–Trinajstić information content (AvgIpc) is 2.96. The van der Waals surface area contributed by atoms with Gasteiger partial charge in [0.1, 0.15) is 0 Å². The van der Waals surface area contributed by atoms with Crippen LogP contribution in [0.25, 0.3) is 0 Å². The van der Waals surface area contributed by atoms with Crippen molar-refractivity contribution in [2.75, 3.05) is 6.54 Å². The zero-order valence-electron chi connectivity index (χ0n) is 11.4. The van der Waals surface area contributed by atoms with Crippen LogP contribution in [0.3, 0.4) is 0 Å². The first-order chi connectivity index (χ1) is 9.42. The summed E-state index contributed by atoms with van der Waals surface area (Å²) < 4.78 is 5.37. The number of hydrogen-bond acceptors (Lipinski definition) is 4. The lowest BCUT2D eigenvalue weighted by molar-refractivity contribution is 0.296. The lowest BCUT2D eigenvalue weighted by atomic mass is 10.1. The van der Waals surface area contributed by atoms with Gasteiger partial charge < -0.3 is 9.84 Å². The predicted molar refractivity (Wildman–Crippen MR) is 80.0 cm³/mol. The Hall–Kier alpha value is -1.39. The van der Waals surface area contributed by atoms with E-state index in [1.807, 2.05) is 6.07 Å². The number of nitrogens with one attached hydrogen (secondary N) is 1. The van der Waals surface area contributed by atoms with Crippen molar-refractivity contribution in [3.05, 3.63) is 47.6 Å². The van der Waals surface area contributed by atoms with E-state index in [1.54, 1.807) is 0 Å². The summed E-state index contributed by atoms with van der Waals surface area (Å²) in [6, 6.07) is 10.7. The molecule has 2 heterocycles. The summed E-state index contributed by atoms with van der Waals surface area (Å²) in [6.45, 7) is 1.05. The van der Waals surface area contributed by atoms with Gasteiger partial charge in [-0.3, -0.25) is 0 Å². The van der Waals surface area contributed by atoms with E-state index in [0.717, 1.165) is 37.5 Å². The minimum atomic E-state index is 0. The third-order valence-electron chi connectivity index (χ3n) is 3.57. The van der Waals surface area contributed by atoms with Crippen LogP contribution in [-0.4, -0.2) is 16.7 Å². The monoisotopic (exact) mass is 293 g/mol. The topological polar surface area (TPSA) is 51.0 Å². The number of hydrogen-bond donors (Lipinski definition) is 1. The number of rotatable bonds is 4. The van der Waals surface area contributed by atoms with Crippen LogP contribution in [0.2, 0.25) is 0 Å². The summed E-state index contributed by atoms with van der Waals surface area (Å²) in [6.07, 6.45) is 5.36. The van der Waals surface area contributed by atoms with E-state index in [9.17, 15) is 0 Å². The fourth-order valence-electron chi connectivity index (χ4n) is 2.47. The predicted octanol–water partition coefficient (Wildman–Crippen LogP) is 3.09. The Morgan fingerprint density at radius 2 is 2.00 bits per heavy atom. The molecule has 4 nitrogen and oxygen atoms in total. The zero-order valence-corrected chi connectivity index (χ0v) is 12.2. The average molecular weight is 294 g/mol. The third-order valence-corrected chi connectivity index (χ3v) is 3.57. The van der Waals surface area contributed by atoms with Crippen LogP contribution in [0.4, 0.5) is 0 Å². The molecule has 0 unspecified atom stereocenters. The second-order valence-electron chi connectivity index (χ2n) is 5.04. The van der Waals surface area contributed by atoms with Crippen LogP contribution < -0.4 is 5.32 Å². The molecule has 108 valence electrons.